The van der Waals surface area contributed by atoms with Gasteiger partial charge in [0.15, 0.2) is 9.84 Å². The lowest BCUT2D eigenvalue weighted by Crippen LogP contribution is -2.10. The molecule has 0 aliphatic rings. The van der Waals surface area contributed by atoms with Gasteiger partial charge in [0.2, 0.25) is 0 Å². The standard InChI is InChI=1S/C17H20ClN3O2S/c1-14-16(13-24(22,23)11-7-3-6-10-19)17(18)21(20-14)12-15-8-4-2-5-9-15/h2,4-5,8-9H,3,6-7,11-13H2,1H3. The molecule has 1 heterocycles. The van der Waals surface area contributed by atoms with Gasteiger partial charge in [0.05, 0.1) is 29.8 Å². The largest absolute Gasteiger partial charge is 0.249 e. The number of benzene rings is 1. The summed E-state index contributed by atoms with van der Waals surface area (Å²) in [5.74, 6) is -0.0483. The fourth-order valence-electron chi connectivity index (χ4n) is 2.43. The Labute approximate surface area is 147 Å². The molecule has 0 radical (unpaired) electrons. The predicted molar refractivity (Wildman–Crippen MR) is 94.5 cm³/mol. The molecule has 0 aliphatic heterocycles. The average Bonchev–Trinajstić information content (AvgIpc) is 2.80. The van der Waals surface area contributed by atoms with Crippen molar-refractivity contribution in [2.75, 3.05) is 5.75 Å². The summed E-state index contributed by atoms with van der Waals surface area (Å²) < 4.78 is 26.1. The van der Waals surface area contributed by atoms with Gasteiger partial charge >= 0.3 is 0 Å². The van der Waals surface area contributed by atoms with Crippen LogP contribution in [0.15, 0.2) is 30.3 Å². The van der Waals surface area contributed by atoms with Crippen molar-refractivity contribution < 1.29 is 8.42 Å². The van der Waals surface area contributed by atoms with E-state index >= 15 is 0 Å². The van der Waals surface area contributed by atoms with E-state index in [9.17, 15) is 8.42 Å². The van der Waals surface area contributed by atoms with Crippen molar-refractivity contribution in [1.29, 1.82) is 5.26 Å². The number of aryl methyl sites for hydroxylation is 1. The Morgan fingerprint density at radius 2 is 1.96 bits per heavy atom. The quantitative estimate of drug-likeness (QED) is 0.671. The molecule has 0 unspecified atom stereocenters. The summed E-state index contributed by atoms with van der Waals surface area (Å²) in [6.45, 7) is 2.27. The van der Waals surface area contributed by atoms with Crippen LogP contribution in [-0.2, 0) is 22.1 Å². The van der Waals surface area contributed by atoms with Gasteiger partial charge in [0.1, 0.15) is 5.15 Å². The average molecular weight is 366 g/mol. The highest BCUT2D eigenvalue weighted by molar-refractivity contribution is 7.90. The molecule has 0 saturated carbocycles. The second-order valence-corrected chi connectivity index (χ2v) is 8.25. The first-order valence-corrected chi connectivity index (χ1v) is 9.96. The van der Waals surface area contributed by atoms with E-state index in [4.69, 9.17) is 16.9 Å². The van der Waals surface area contributed by atoms with Crippen LogP contribution in [-0.4, -0.2) is 24.0 Å². The second kappa shape index (κ2) is 8.32. The van der Waals surface area contributed by atoms with Gasteiger partial charge in [0, 0.05) is 12.0 Å². The Kier molecular flexibility index (Phi) is 6.41. The normalized spacial score (nSPS) is 11.4. The van der Waals surface area contributed by atoms with Gasteiger partial charge in [-0.15, -0.1) is 0 Å². The van der Waals surface area contributed by atoms with Gasteiger partial charge in [-0.3, -0.25) is 0 Å². The molecule has 24 heavy (non-hydrogen) atoms. The summed E-state index contributed by atoms with van der Waals surface area (Å²) in [4.78, 5) is 0. The highest BCUT2D eigenvalue weighted by atomic mass is 35.5. The summed E-state index contributed by atoms with van der Waals surface area (Å²) in [6, 6.07) is 11.8. The van der Waals surface area contributed by atoms with Crippen molar-refractivity contribution in [3.8, 4) is 6.07 Å². The summed E-state index contributed by atoms with van der Waals surface area (Å²) in [5, 5.41) is 13.2. The lowest BCUT2D eigenvalue weighted by molar-refractivity contribution is 0.591. The van der Waals surface area contributed by atoms with Gasteiger partial charge in [-0.2, -0.15) is 10.4 Å². The van der Waals surface area contributed by atoms with E-state index in [0.717, 1.165) is 5.56 Å². The molecule has 0 atom stereocenters. The molecular formula is C17H20ClN3O2S. The molecule has 7 heteroatoms. The Morgan fingerprint density at radius 3 is 2.62 bits per heavy atom. The van der Waals surface area contributed by atoms with Crippen molar-refractivity contribution in [3.05, 3.63) is 52.3 Å². The lowest BCUT2D eigenvalue weighted by Gasteiger charge is -2.05. The van der Waals surface area contributed by atoms with Gasteiger partial charge in [-0.1, -0.05) is 41.9 Å². The van der Waals surface area contributed by atoms with Crippen LogP contribution in [0, 0.1) is 18.3 Å². The third-order valence-corrected chi connectivity index (χ3v) is 5.78. The molecule has 1 aromatic heterocycles. The van der Waals surface area contributed by atoms with E-state index < -0.39 is 9.84 Å². The molecule has 0 bridgehead atoms. The van der Waals surface area contributed by atoms with E-state index in [2.05, 4.69) is 5.10 Å². The summed E-state index contributed by atoms with van der Waals surface area (Å²) in [5.41, 5.74) is 2.25. The van der Waals surface area contributed by atoms with Crippen LogP contribution in [0.2, 0.25) is 5.15 Å². The molecule has 128 valence electrons. The number of nitriles is 1. The van der Waals surface area contributed by atoms with E-state index in [1.165, 1.54) is 0 Å². The Balaban J connectivity index is 2.10. The number of sulfone groups is 1. The van der Waals surface area contributed by atoms with E-state index in [1.54, 1.807) is 11.6 Å². The van der Waals surface area contributed by atoms with Crippen molar-refractivity contribution in [2.24, 2.45) is 0 Å². The van der Waals surface area contributed by atoms with Gasteiger partial charge in [0.25, 0.3) is 0 Å². The number of rotatable bonds is 8. The summed E-state index contributed by atoms with van der Waals surface area (Å²) in [7, 11) is -3.27. The van der Waals surface area contributed by atoms with Crippen LogP contribution in [0.5, 0.6) is 0 Å². The van der Waals surface area contributed by atoms with Crippen LogP contribution in [0.3, 0.4) is 0 Å². The van der Waals surface area contributed by atoms with Crippen LogP contribution in [0.1, 0.15) is 36.1 Å². The van der Waals surface area contributed by atoms with Gasteiger partial charge in [-0.25, -0.2) is 13.1 Å². The summed E-state index contributed by atoms with van der Waals surface area (Å²) >= 11 is 6.36. The van der Waals surface area contributed by atoms with Crippen LogP contribution in [0.25, 0.3) is 0 Å². The number of aromatic nitrogens is 2. The van der Waals surface area contributed by atoms with E-state index in [0.29, 0.717) is 42.2 Å². The van der Waals surface area contributed by atoms with Gasteiger partial charge < -0.3 is 0 Å². The minimum Gasteiger partial charge on any atom is -0.249 e. The molecule has 1 aromatic carbocycles. The van der Waals surface area contributed by atoms with Gasteiger partial charge in [-0.05, 0) is 25.3 Å². The zero-order chi connectivity index (χ0) is 17.6. The predicted octanol–water partition coefficient (Wildman–Crippen LogP) is 3.50. The van der Waals surface area contributed by atoms with Crippen molar-refractivity contribution in [3.63, 3.8) is 0 Å². The summed E-state index contributed by atoms with van der Waals surface area (Å²) in [6.07, 6.45) is 1.46. The lowest BCUT2D eigenvalue weighted by atomic mass is 10.2. The first-order chi connectivity index (χ1) is 11.4. The number of nitrogens with zero attached hydrogens (tertiary/aromatic N) is 3. The monoisotopic (exact) mass is 365 g/mol. The Hall–Kier alpha value is -1.84. The van der Waals surface area contributed by atoms with Crippen molar-refractivity contribution in [1.82, 2.24) is 9.78 Å². The maximum Gasteiger partial charge on any atom is 0.154 e. The molecule has 0 spiro atoms. The first-order valence-electron chi connectivity index (χ1n) is 7.76. The number of hydrogen-bond acceptors (Lipinski definition) is 4. The minimum atomic E-state index is -3.27. The highest BCUT2D eigenvalue weighted by Gasteiger charge is 2.20. The molecule has 0 fully saturated rings. The fourth-order valence-corrected chi connectivity index (χ4v) is 4.39. The molecule has 2 aromatic rings. The third-order valence-electron chi connectivity index (χ3n) is 3.72. The van der Waals surface area contributed by atoms with E-state index in [-0.39, 0.29) is 11.5 Å². The highest BCUT2D eigenvalue weighted by Crippen LogP contribution is 2.23. The molecule has 0 saturated heterocycles. The van der Waals surface area contributed by atoms with Crippen molar-refractivity contribution >= 4 is 21.4 Å². The zero-order valence-corrected chi connectivity index (χ0v) is 15.1. The smallest absolute Gasteiger partial charge is 0.154 e. The topological polar surface area (TPSA) is 75.8 Å². The Bertz CT molecular complexity index is 824. The molecule has 2 rings (SSSR count). The SMILES string of the molecule is Cc1nn(Cc2ccccc2)c(Cl)c1CS(=O)(=O)CCCCC#N. The Morgan fingerprint density at radius 1 is 1.25 bits per heavy atom. The number of halogens is 1. The zero-order valence-electron chi connectivity index (χ0n) is 13.6. The maximum absolute atomic E-state index is 12.3. The molecular weight excluding hydrogens is 346 g/mol. The van der Waals surface area contributed by atoms with E-state index in [1.807, 2.05) is 36.4 Å². The van der Waals surface area contributed by atoms with Crippen molar-refractivity contribution in [2.45, 2.75) is 38.5 Å². The van der Waals surface area contributed by atoms with Crippen LogP contribution in [0.4, 0.5) is 0 Å². The van der Waals surface area contributed by atoms with Crippen LogP contribution >= 0.6 is 11.6 Å². The molecule has 0 amide bonds. The number of hydrogen-bond donors (Lipinski definition) is 0. The fraction of sp³-hybridized carbons (Fsp3) is 0.412. The second-order valence-electron chi connectivity index (χ2n) is 5.71. The van der Waals surface area contributed by atoms with Crippen LogP contribution < -0.4 is 0 Å². The number of unbranched alkanes of at least 4 members (excludes halogenated alkanes) is 2. The molecule has 0 N–H and O–H groups in total. The third kappa shape index (κ3) is 5.08. The maximum atomic E-state index is 12.3. The first kappa shape index (κ1) is 18.5. The minimum absolute atomic E-state index is 0.0638. The molecule has 0 aliphatic carbocycles. The molecule has 5 nitrogen and oxygen atoms in total.